The molecule has 0 saturated carbocycles. The molecular formula is C6H6O2S4. The van der Waals surface area contributed by atoms with Gasteiger partial charge in [-0.15, -0.1) is 42.2 Å². The van der Waals surface area contributed by atoms with E-state index in [2.05, 4.69) is 60.0 Å². The molecule has 0 N–H and O–H groups in total. The van der Waals surface area contributed by atoms with E-state index >= 15 is 0 Å². The van der Waals surface area contributed by atoms with Gasteiger partial charge in [0.05, 0.1) is 4.90 Å². The Labute approximate surface area is 92.4 Å². The third-order valence-corrected chi connectivity index (χ3v) is 2.93. The van der Waals surface area contributed by atoms with Gasteiger partial charge in [0.15, 0.2) is 5.75 Å². The molecule has 1 aromatic rings. The Hall–Kier alpha value is 0.380. The van der Waals surface area contributed by atoms with Crippen LogP contribution in [0.4, 0.5) is 0 Å². The summed E-state index contributed by atoms with van der Waals surface area (Å²) in [5.41, 5.74) is 0. The molecule has 66 valence electrons. The van der Waals surface area contributed by atoms with Crippen LogP contribution in [0.1, 0.15) is 0 Å². The highest BCUT2D eigenvalue weighted by molar-refractivity contribution is 7.85. The van der Waals surface area contributed by atoms with Crippen molar-refractivity contribution in [3.63, 3.8) is 0 Å². The van der Waals surface area contributed by atoms with Crippen LogP contribution in [0.3, 0.4) is 0 Å². The minimum absolute atomic E-state index is 0.455. The molecule has 0 heterocycles. The van der Waals surface area contributed by atoms with E-state index in [0.29, 0.717) is 15.5 Å². The Bertz CT molecular complexity index is 289. The topological polar surface area (TPSA) is 18.5 Å². The number of benzene rings is 1. The molecule has 0 unspecified atom stereocenters. The largest absolute Gasteiger partial charge is 0.324 e. The van der Waals surface area contributed by atoms with Crippen molar-refractivity contribution in [2.75, 3.05) is 0 Å². The van der Waals surface area contributed by atoms with Crippen molar-refractivity contribution in [1.29, 1.82) is 0 Å². The highest BCUT2D eigenvalue weighted by atomic mass is 32.1. The number of hydrogen-bond donors (Lipinski definition) is 4. The van der Waals surface area contributed by atoms with Gasteiger partial charge in [-0.1, -0.05) is 0 Å². The van der Waals surface area contributed by atoms with Crippen molar-refractivity contribution in [1.82, 2.24) is 0 Å². The van der Waals surface area contributed by atoms with Gasteiger partial charge in [-0.05, 0) is 12.1 Å². The van der Waals surface area contributed by atoms with Crippen LogP contribution in [0.25, 0.3) is 0 Å². The maximum absolute atomic E-state index is 4.68. The van der Waals surface area contributed by atoms with E-state index in [4.69, 9.17) is 0 Å². The highest BCUT2D eigenvalue weighted by Crippen LogP contribution is 2.33. The molecule has 0 aliphatic rings. The van der Waals surface area contributed by atoms with Gasteiger partial charge < -0.3 is 4.89 Å². The van der Waals surface area contributed by atoms with E-state index in [-0.39, 0.29) is 0 Å². The van der Waals surface area contributed by atoms with Gasteiger partial charge in [0.1, 0.15) is 0 Å². The molecule has 0 atom stereocenters. The van der Waals surface area contributed by atoms with Gasteiger partial charge in [-0.2, -0.15) is 0 Å². The first-order chi connectivity index (χ1) is 5.66. The first kappa shape index (κ1) is 10.5. The molecule has 12 heavy (non-hydrogen) atoms. The zero-order valence-corrected chi connectivity index (χ0v) is 9.34. The Morgan fingerprint density at radius 2 is 1.67 bits per heavy atom. The van der Waals surface area contributed by atoms with E-state index in [1.165, 1.54) is 0 Å². The molecule has 2 nitrogen and oxygen atoms in total. The molecule has 1 aromatic carbocycles. The van der Waals surface area contributed by atoms with E-state index in [1.54, 1.807) is 12.1 Å². The van der Waals surface area contributed by atoms with Crippen molar-refractivity contribution in [2.24, 2.45) is 0 Å². The first-order valence-electron chi connectivity index (χ1n) is 2.88. The zero-order chi connectivity index (χ0) is 9.14. The monoisotopic (exact) mass is 238 g/mol. The molecule has 0 spiro atoms. The van der Waals surface area contributed by atoms with Crippen LogP contribution in [0.2, 0.25) is 0 Å². The molecule has 0 bridgehead atoms. The van der Waals surface area contributed by atoms with Crippen LogP contribution in [0.5, 0.6) is 5.75 Å². The first-order valence-corrected chi connectivity index (χ1v) is 4.59. The van der Waals surface area contributed by atoms with Crippen molar-refractivity contribution in [2.45, 2.75) is 14.7 Å². The molecule has 0 aliphatic heterocycles. The van der Waals surface area contributed by atoms with E-state index in [1.807, 2.05) is 0 Å². The molecule has 0 saturated heterocycles. The third-order valence-electron chi connectivity index (χ3n) is 1.22. The van der Waals surface area contributed by atoms with Gasteiger partial charge in [0.2, 0.25) is 0 Å². The lowest BCUT2D eigenvalue weighted by Gasteiger charge is -2.06. The van der Waals surface area contributed by atoms with Crippen molar-refractivity contribution < 1.29 is 9.22 Å². The summed E-state index contributed by atoms with van der Waals surface area (Å²) in [6, 6.07) is 3.40. The molecule has 1 rings (SSSR count). The third kappa shape index (κ3) is 2.20. The molecule has 0 amide bonds. The van der Waals surface area contributed by atoms with Gasteiger partial charge in [-0.3, -0.25) is 0 Å². The van der Waals surface area contributed by atoms with Crippen LogP contribution in [-0.2, 0) is 4.33 Å². The molecule has 0 aromatic heterocycles. The number of hydrogen-bond acceptors (Lipinski definition) is 6. The fraction of sp³-hybridized carbons (Fsp3) is 0. The summed E-state index contributed by atoms with van der Waals surface area (Å²) in [5, 5.41) is 0. The van der Waals surface area contributed by atoms with Crippen LogP contribution in [-0.4, -0.2) is 0 Å². The Kier molecular flexibility index (Phi) is 3.98. The smallest absolute Gasteiger partial charge is 0.181 e. The van der Waals surface area contributed by atoms with Gasteiger partial charge in [0, 0.05) is 22.7 Å². The maximum atomic E-state index is 4.68. The number of rotatable bonds is 2. The molecule has 0 aliphatic carbocycles. The van der Waals surface area contributed by atoms with Crippen LogP contribution >= 0.6 is 50.8 Å². The number of thiol groups is 4. The second-order valence-corrected chi connectivity index (χ2v) is 3.46. The Balaban J connectivity index is 3.08. The molecule has 6 heteroatoms. The fourth-order valence-corrected chi connectivity index (χ4v) is 1.43. The Morgan fingerprint density at radius 1 is 1.00 bits per heavy atom. The summed E-state index contributed by atoms with van der Waals surface area (Å²) in [4.78, 5) is 6.62. The lowest BCUT2D eigenvalue weighted by molar-refractivity contribution is -0.0774. The van der Waals surface area contributed by atoms with Crippen molar-refractivity contribution >= 4 is 50.8 Å². The average Bonchev–Trinajstić information content (AvgIpc) is 2.07. The second-order valence-electron chi connectivity index (χ2n) is 1.94. The van der Waals surface area contributed by atoms with Gasteiger partial charge in [0.25, 0.3) is 0 Å². The minimum atomic E-state index is 0.455. The lowest BCUT2D eigenvalue weighted by atomic mass is 10.3. The predicted molar refractivity (Wildman–Crippen MR) is 58.9 cm³/mol. The Morgan fingerprint density at radius 3 is 2.25 bits per heavy atom. The van der Waals surface area contributed by atoms with Crippen LogP contribution in [0, 0.1) is 0 Å². The van der Waals surface area contributed by atoms with E-state index < -0.39 is 0 Å². The standard InChI is InChI=1S/C6H6O2S4/c9-4-2-1-3(7-8-12)5(10)6(4)11/h1-2,9-12H. The fourth-order valence-electron chi connectivity index (χ4n) is 0.658. The maximum Gasteiger partial charge on any atom is 0.181 e. The van der Waals surface area contributed by atoms with Crippen molar-refractivity contribution in [3.05, 3.63) is 12.1 Å². The molecular weight excluding hydrogens is 232 g/mol. The molecule has 0 radical (unpaired) electrons. The highest BCUT2D eigenvalue weighted by Gasteiger charge is 2.06. The van der Waals surface area contributed by atoms with Gasteiger partial charge in [-0.25, -0.2) is 0 Å². The normalized spacial score (nSPS) is 10.0. The average molecular weight is 238 g/mol. The molecule has 0 fully saturated rings. The van der Waals surface area contributed by atoms with Crippen molar-refractivity contribution in [3.8, 4) is 5.75 Å². The lowest BCUT2D eigenvalue weighted by Crippen LogP contribution is -1.89. The van der Waals surface area contributed by atoms with Crippen LogP contribution in [0.15, 0.2) is 26.8 Å². The van der Waals surface area contributed by atoms with E-state index in [9.17, 15) is 0 Å². The second kappa shape index (κ2) is 4.57. The summed E-state index contributed by atoms with van der Waals surface area (Å²) >= 11 is 15.9. The van der Waals surface area contributed by atoms with Crippen LogP contribution < -0.4 is 4.89 Å². The SMILES string of the molecule is SOOc1ccc(S)c(S)c1S. The quantitative estimate of drug-likeness (QED) is 0.275. The van der Waals surface area contributed by atoms with Gasteiger partial charge >= 0.3 is 0 Å². The summed E-state index contributed by atoms with van der Waals surface area (Å²) in [6.07, 6.45) is 0. The van der Waals surface area contributed by atoms with E-state index in [0.717, 1.165) is 4.90 Å². The summed E-state index contributed by atoms with van der Waals surface area (Å²) in [7, 11) is 0. The summed E-state index contributed by atoms with van der Waals surface area (Å²) in [5.74, 6) is 0.455. The predicted octanol–water partition coefficient (Wildman–Crippen LogP) is 2.71. The minimum Gasteiger partial charge on any atom is -0.324 e. The summed E-state index contributed by atoms with van der Waals surface area (Å²) in [6.45, 7) is 0. The zero-order valence-electron chi connectivity index (χ0n) is 5.76. The summed E-state index contributed by atoms with van der Waals surface area (Å²) < 4.78 is 4.19.